The van der Waals surface area contributed by atoms with E-state index in [9.17, 15) is 13.2 Å². The summed E-state index contributed by atoms with van der Waals surface area (Å²) >= 11 is 0. The molecule has 0 aliphatic carbocycles. The number of hydrogen-bond acceptors (Lipinski definition) is 5. The molecule has 1 aliphatic heterocycles. The second kappa shape index (κ2) is 4.75. The zero-order valence-electron chi connectivity index (χ0n) is 8.06. The van der Waals surface area contributed by atoms with Crippen molar-refractivity contribution in [3.05, 3.63) is 0 Å². The second-order valence-corrected chi connectivity index (χ2v) is 5.37. The van der Waals surface area contributed by atoms with Crippen LogP contribution in [-0.2, 0) is 24.1 Å². The summed E-state index contributed by atoms with van der Waals surface area (Å²) in [6, 6.07) is 0. The first kappa shape index (κ1) is 11.5. The summed E-state index contributed by atoms with van der Waals surface area (Å²) in [5.74, 6) is -1.35. The van der Waals surface area contributed by atoms with Gasteiger partial charge in [-0.2, -0.15) is 0 Å². The number of carbonyl (C=O) groups excluding carboxylic acids is 1. The van der Waals surface area contributed by atoms with Crippen molar-refractivity contribution in [2.24, 2.45) is 0 Å². The third kappa shape index (κ3) is 3.63. The van der Waals surface area contributed by atoms with Crippen molar-refractivity contribution in [3.8, 4) is 0 Å². The van der Waals surface area contributed by atoms with Gasteiger partial charge in [-0.25, -0.2) is 8.42 Å². The Balaban J connectivity index is 2.44. The average Bonchev–Trinajstić information content (AvgIpc) is 2.54. The van der Waals surface area contributed by atoms with E-state index < -0.39 is 21.6 Å². The van der Waals surface area contributed by atoms with Gasteiger partial charge in [0, 0.05) is 6.61 Å². The molecule has 5 nitrogen and oxygen atoms in total. The van der Waals surface area contributed by atoms with Gasteiger partial charge in [-0.1, -0.05) is 0 Å². The summed E-state index contributed by atoms with van der Waals surface area (Å²) in [7, 11) is -2.21. The highest BCUT2D eigenvalue weighted by atomic mass is 32.2. The number of carbonyl (C=O) groups is 1. The van der Waals surface area contributed by atoms with E-state index >= 15 is 0 Å². The van der Waals surface area contributed by atoms with Crippen LogP contribution in [0.4, 0.5) is 0 Å². The van der Waals surface area contributed by atoms with E-state index in [2.05, 4.69) is 4.74 Å². The fourth-order valence-electron chi connectivity index (χ4n) is 1.36. The SMILES string of the molecule is COC(=O)CS(=O)(=O)CC1CCCO1. The largest absolute Gasteiger partial charge is 0.468 e. The number of esters is 1. The van der Waals surface area contributed by atoms with Gasteiger partial charge in [0.15, 0.2) is 9.84 Å². The van der Waals surface area contributed by atoms with Crippen LogP contribution in [0.2, 0.25) is 0 Å². The van der Waals surface area contributed by atoms with E-state index in [1.165, 1.54) is 7.11 Å². The van der Waals surface area contributed by atoms with Gasteiger partial charge < -0.3 is 9.47 Å². The van der Waals surface area contributed by atoms with Crippen LogP contribution >= 0.6 is 0 Å². The standard InChI is InChI=1S/C8H14O5S/c1-12-8(9)6-14(10,11)5-7-3-2-4-13-7/h7H,2-6H2,1H3. The molecule has 0 aromatic rings. The molecule has 1 aliphatic rings. The second-order valence-electron chi connectivity index (χ2n) is 3.27. The van der Waals surface area contributed by atoms with Gasteiger partial charge >= 0.3 is 5.97 Å². The van der Waals surface area contributed by atoms with E-state index in [1.807, 2.05) is 0 Å². The van der Waals surface area contributed by atoms with Crippen molar-refractivity contribution in [2.75, 3.05) is 25.2 Å². The molecule has 0 N–H and O–H groups in total. The van der Waals surface area contributed by atoms with Crippen LogP contribution in [0.1, 0.15) is 12.8 Å². The topological polar surface area (TPSA) is 69.7 Å². The molecule has 0 spiro atoms. The number of rotatable bonds is 4. The molecular weight excluding hydrogens is 208 g/mol. The third-order valence-electron chi connectivity index (χ3n) is 2.03. The fraction of sp³-hybridized carbons (Fsp3) is 0.875. The molecule has 14 heavy (non-hydrogen) atoms. The number of hydrogen-bond donors (Lipinski definition) is 0. The molecule has 0 amide bonds. The number of ether oxygens (including phenoxy) is 2. The van der Waals surface area contributed by atoms with Crippen LogP contribution in [0, 0.1) is 0 Å². The van der Waals surface area contributed by atoms with Crippen molar-refractivity contribution in [1.82, 2.24) is 0 Å². The quantitative estimate of drug-likeness (QED) is 0.614. The number of methoxy groups -OCH3 is 1. The fourth-order valence-corrected chi connectivity index (χ4v) is 2.78. The summed E-state index contributed by atoms with van der Waals surface area (Å²) in [4.78, 5) is 10.8. The molecular formula is C8H14O5S. The van der Waals surface area contributed by atoms with Gasteiger partial charge in [-0.3, -0.25) is 4.79 Å². The summed E-state index contributed by atoms with van der Waals surface area (Å²) in [6.45, 7) is 0.610. The molecule has 0 bridgehead atoms. The molecule has 0 aromatic carbocycles. The minimum Gasteiger partial charge on any atom is -0.468 e. The maximum Gasteiger partial charge on any atom is 0.320 e. The van der Waals surface area contributed by atoms with E-state index in [0.29, 0.717) is 6.61 Å². The monoisotopic (exact) mass is 222 g/mol. The van der Waals surface area contributed by atoms with Crippen LogP contribution in [0.15, 0.2) is 0 Å². The highest BCUT2D eigenvalue weighted by Crippen LogP contribution is 2.14. The summed E-state index contributed by atoms with van der Waals surface area (Å²) in [5, 5.41) is 0. The van der Waals surface area contributed by atoms with Gasteiger partial charge in [-0.15, -0.1) is 0 Å². The molecule has 0 radical (unpaired) electrons. The van der Waals surface area contributed by atoms with Gasteiger partial charge in [0.05, 0.1) is 19.0 Å². The van der Waals surface area contributed by atoms with Crippen LogP contribution in [0.3, 0.4) is 0 Å². The Bertz CT molecular complexity index is 289. The van der Waals surface area contributed by atoms with E-state index in [1.54, 1.807) is 0 Å². The van der Waals surface area contributed by atoms with Crippen molar-refractivity contribution in [3.63, 3.8) is 0 Å². The first-order valence-electron chi connectivity index (χ1n) is 4.42. The van der Waals surface area contributed by atoms with Crippen LogP contribution < -0.4 is 0 Å². The minimum absolute atomic E-state index is 0.0812. The van der Waals surface area contributed by atoms with Crippen molar-refractivity contribution in [2.45, 2.75) is 18.9 Å². The normalized spacial score (nSPS) is 22.2. The average molecular weight is 222 g/mol. The van der Waals surface area contributed by atoms with Gasteiger partial charge in [0.25, 0.3) is 0 Å². The first-order valence-corrected chi connectivity index (χ1v) is 6.24. The van der Waals surface area contributed by atoms with E-state index in [4.69, 9.17) is 4.74 Å². The highest BCUT2D eigenvalue weighted by Gasteiger charge is 2.25. The summed E-state index contributed by atoms with van der Waals surface area (Å²) in [5.41, 5.74) is 0. The minimum atomic E-state index is -3.38. The lowest BCUT2D eigenvalue weighted by atomic mass is 10.3. The Kier molecular flexibility index (Phi) is 3.88. The molecule has 1 unspecified atom stereocenters. The zero-order valence-corrected chi connectivity index (χ0v) is 8.88. The van der Waals surface area contributed by atoms with Gasteiger partial charge in [0.1, 0.15) is 5.75 Å². The lowest BCUT2D eigenvalue weighted by Gasteiger charge is -2.08. The molecule has 1 saturated heterocycles. The Morgan fingerprint density at radius 1 is 1.57 bits per heavy atom. The molecule has 1 rings (SSSR count). The summed E-state index contributed by atoms with van der Waals surface area (Å²) < 4.78 is 32.2. The maximum atomic E-state index is 11.4. The van der Waals surface area contributed by atoms with Crippen molar-refractivity contribution >= 4 is 15.8 Å². The van der Waals surface area contributed by atoms with Crippen molar-refractivity contribution in [1.29, 1.82) is 0 Å². The molecule has 1 heterocycles. The Morgan fingerprint density at radius 2 is 2.29 bits per heavy atom. The summed E-state index contributed by atoms with van der Waals surface area (Å²) in [6.07, 6.45) is 1.39. The lowest BCUT2D eigenvalue weighted by molar-refractivity contribution is -0.137. The third-order valence-corrected chi connectivity index (χ3v) is 3.58. The number of sulfone groups is 1. The van der Waals surface area contributed by atoms with Crippen molar-refractivity contribution < 1.29 is 22.7 Å². The molecule has 0 saturated carbocycles. The van der Waals surface area contributed by atoms with E-state index in [-0.39, 0.29) is 11.9 Å². The highest BCUT2D eigenvalue weighted by molar-refractivity contribution is 7.92. The Hall–Kier alpha value is -0.620. The molecule has 6 heteroatoms. The lowest BCUT2D eigenvalue weighted by Crippen LogP contribution is -2.26. The predicted octanol–water partition coefficient (Wildman–Crippen LogP) is -0.247. The Morgan fingerprint density at radius 3 is 2.79 bits per heavy atom. The molecule has 1 fully saturated rings. The molecule has 0 aromatic heterocycles. The van der Waals surface area contributed by atoms with E-state index in [0.717, 1.165) is 12.8 Å². The van der Waals surface area contributed by atoms with Gasteiger partial charge in [-0.05, 0) is 12.8 Å². The van der Waals surface area contributed by atoms with Crippen LogP contribution in [0.5, 0.6) is 0 Å². The maximum absolute atomic E-state index is 11.4. The molecule has 1 atom stereocenters. The van der Waals surface area contributed by atoms with Gasteiger partial charge in [0.2, 0.25) is 0 Å². The van der Waals surface area contributed by atoms with Crippen LogP contribution in [-0.4, -0.2) is 45.7 Å². The Labute approximate surface area is 83.3 Å². The smallest absolute Gasteiger partial charge is 0.320 e. The molecule has 82 valence electrons. The van der Waals surface area contributed by atoms with Crippen LogP contribution in [0.25, 0.3) is 0 Å². The first-order chi connectivity index (χ1) is 6.53. The predicted molar refractivity (Wildman–Crippen MR) is 49.6 cm³/mol. The zero-order chi connectivity index (χ0) is 10.6.